The first kappa shape index (κ1) is 12.3. The second kappa shape index (κ2) is 5.94. The van der Waals surface area contributed by atoms with Gasteiger partial charge in [0.15, 0.2) is 5.78 Å². The van der Waals surface area contributed by atoms with Crippen LogP contribution in [0.3, 0.4) is 0 Å². The van der Waals surface area contributed by atoms with Crippen molar-refractivity contribution in [3.05, 3.63) is 40.4 Å². The summed E-state index contributed by atoms with van der Waals surface area (Å²) in [7, 11) is 0. The molecule has 80 valence electrons. The molecule has 0 aromatic heterocycles. The lowest BCUT2D eigenvalue weighted by atomic mass is 10.1. The van der Waals surface area contributed by atoms with E-state index in [0.717, 1.165) is 12.0 Å². The lowest BCUT2D eigenvalue weighted by molar-refractivity contribution is 0.101. The number of alkyl halides is 1. The molecular formula is C12H12Cl2O. The first-order valence-corrected chi connectivity index (χ1v) is 5.59. The first-order valence-electron chi connectivity index (χ1n) is 4.68. The van der Waals surface area contributed by atoms with Gasteiger partial charge in [0.05, 0.1) is 5.02 Å². The van der Waals surface area contributed by atoms with Gasteiger partial charge in [-0.2, -0.15) is 0 Å². The summed E-state index contributed by atoms with van der Waals surface area (Å²) in [5, 5.41) is 0.496. The van der Waals surface area contributed by atoms with Crippen molar-refractivity contribution < 1.29 is 4.79 Å². The maximum Gasteiger partial charge on any atom is 0.161 e. The third-order valence-electron chi connectivity index (χ3n) is 1.96. The summed E-state index contributed by atoms with van der Waals surface area (Å²) in [6, 6.07) is 5.39. The monoisotopic (exact) mass is 242 g/mol. The molecule has 0 amide bonds. The molecule has 0 bridgehead atoms. The van der Waals surface area contributed by atoms with E-state index in [9.17, 15) is 4.79 Å². The number of hydrogen-bond donors (Lipinski definition) is 0. The zero-order valence-electron chi connectivity index (χ0n) is 8.47. The van der Waals surface area contributed by atoms with Crippen LogP contribution < -0.4 is 0 Å². The Balaban J connectivity index is 2.87. The van der Waals surface area contributed by atoms with Crippen molar-refractivity contribution in [2.45, 2.75) is 13.3 Å². The second-order valence-electron chi connectivity index (χ2n) is 3.18. The fourth-order valence-electron chi connectivity index (χ4n) is 1.20. The summed E-state index contributed by atoms with van der Waals surface area (Å²) in [4.78, 5) is 11.1. The van der Waals surface area contributed by atoms with Crippen LogP contribution in [-0.4, -0.2) is 11.7 Å². The molecule has 1 aromatic rings. The van der Waals surface area contributed by atoms with E-state index in [1.54, 1.807) is 12.1 Å². The van der Waals surface area contributed by atoms with Gasteiger partial charge in [-0.25, -0.2) is 0 Å². The van der Waals surface area contributed by atoms with E-state index in [4.69, 9.17) is 23.2 Å². The average Bonchev–Trinajstić information content (AvgIpc) is 2.17. The highest BCUT2D eigenvalue weighted by atomic mass is 35.5. The minimum absolute atomic E-state index is 0.0173. The van der Waals surface area contributed by atoms with E-state index in [0.29, 0.717) is 16.5 Å². The number of ketones is 1. The van der Waals surface area contributed by atoms with Crippen LogP contribution in [0, 0.1) is 0 Å². The largest absolute Gasteiger partial charge is 0.294 e. The molecule has 1 nitrogen and oxygen atoms in total. The quantitative estimate of drug-likeness (QED) is 0.572. The van der Waals surface area contributed by atoms with Crippen molar-refractivity contribution in [3.63, 3.8) is 0 Å². The first-order chi connectivity index (χ1) is 7.15. The molecule has 1 rings (SSSR count). The van der Waals surface area contributed by atoms with Gasteiger partial charge in [0.2, 0.25) is 0 Å². The van der Waals surface area contributed by atoms with Crippen molar-refractivity contribution >= 4 is 35.1 Å². The van der Waals surface area contributed by atoms with Gasteiger partial charge in [0.25, 0.3) is 0 Å². The van der Waals surface area contributed by atoms with Crippen LogP contribution in [0.1, 0.15) is 29.3 Å². The fourth-order valence-corrected chi connectivity index (χ4v) is 1.65. The summed E-state index contributed by atoms with van der Waals surface area (Å²) >= 11 is 11.5. The van der Waals surface area contributed by atoms with Gasteiger partial charge in [-0.15, -0.1) is 11.6 Å². The number of hydrogen-bond acceptors (Lipinski definition) is 1. The zero-order chi connectivity index (χ0) is 11.3. The Morgan fingerprint density at radius 3 is 2.73 bits per heavy atom. The van der Waals surface area contributed by atoms with E-state index < -0.39 is 0 Å². The number of allylic oxidation sites excluding steroid dienone is 1. The van der Waals surface area contributed by atoms with Crippen molar-refractivity contribution in [2.24, 2.45) is 0 Å². The number of Topliss-reactive ketones (excluding diaryl/α,β-unsaturated/α-hetero) is 1. The van der Waals surface area contributed by atoms with Crippen molar-refractivity contribution in [3.8, 4) is 0 Å². The second-order valence-corrected chi connectivity index (χ2v) is 3.96. The van der Waals surface area contributed by atoms with Crippen molar-refractivity contribution in [2.75, 3.05) is 5.88 Å². The Morgan fingerprint density at radius 1 is 1.47 bits per heavy atom. The lowest BCUT2D eigenvalue weighted by Crippen LogP contribution is -1.92. The third kappa shape index (κ3) is 3.69. The summed E-state index contributed by atoms with van der Waals surface area (Å²) < 4.78 is 0. The summed E-state index contributed by atoms with van der Waals surface area (Å²) in [6.45, 7) is 1.50. The van der Waals surface area contributed by atoms with Gasteiger partial charge >= 0.3 is 0 Å². The van der Waals surface area contributed by atoms with E-state index >= 15 is 0 Å². The van der Waals surface area contributed by atoms with Gasteiger partial charge in [-0.3, -0.25) is 4.79 Å². The van der Waals surface area contributed by atoms with E-state index in [-0.39, 0.29) is 5.78 Å². The Hall–Kier alpha value is -0.790. The van der Waals surface area contributed by atoms with Gasteiger partial charge in [-0.1, -0.05) is 29.8 Å². The van der Waals surface area contributed by atoms with Crippen LogP contribution in [0.25, 0.3) is 6.08 Å². The minimum atomic E-state index is -0.0173. The Kier molecular flexibility index (Phi) is 4.86. The normalized spacial score (nSPS) is 10.9. The maximum atomic E-state index is 11.1. The van der Waals surface area contributed by atoms with E-state index in [1.165, 1.54) is 6.92 Å². The standard InChI is InChI=1S/C12H12Cl2O/c1-9(15)11-6-5-10(8-12(11)14)4-2-3-7-13/h2,4-6,8H,3,7H2,1H3. The summed E-state index contributed by atoms with van der Waals surface area (Å²) in [5.74, 6) is 0.590. The van der Waals surface area contributed by atoms with E-state index in [2.05, 4.69) is 0 Å². The SMILES string of the molecule is CC(=O)c1ccc(C=CCCCl)cc1Cl. The molecule has 0 aliphatic rings. The highest BCUT2D eigenvalue weighted by molar-refractivity contribution is 6.34. The van der Waals surface area contributed by atoms with Crippen LogP contribution in [-0.2, 0) is 0 Å². The molecule has 0 saturated carbocycles. The van der Waals surface area contributed by atoms with Crippen LogP contribution in [0.5, 0.6) is 0 Å². The lowest BCUT2D eigenvalue weighted by Gasteiger charge is -2.00. The molecule has 1 aromatic carbocycles. The predicted molar refractivity (Wildman–Crippen MR) is 65.8 cm³/mol. The molecular weight excluding hydrogens is 231 g/mol. The van der Waals surface area contributed by atoms with Gasteiger partial charge < -0.3 is 0 Å². The Bertz CT molecular complexity index is 383. The van der Waals surface area contributed by atoms with E-state index in [1.807, 2.05) is 18.2 Å². The molecule has 0 atom stereocenters. The van der Waals surface area contributed by atoms with Crippen LogP contribution in [0.15, 0.2) is 24.3 Å². The van der Waals surface area contributed by atoms with Gasteiger partial charge in [-0.05, 0) is 31.0 Å². The maximum absolute atomic E-state index is 11.1. The zero-order valence-corrected chi connectivity index (χ0v) is 9.98. The van der Waals surface area contributed by atoms with Crippen LogP contribution >= 0.6 is 23.2 Å². The molecule has 0 heterocycles. The van der Waals surface area contributed by atoms with Crippen LogP contribution in [0.2, 0.25) is 5.02 Å². The molecule has 0 N–H and O–H groups in total. The summed E-state index contributed by atoms with van der Waals surface area (Å²) in [6.07, 6.45) is 4.75. The molecule has 0 unspecified atom stereocenters. The molecule has 0 aliphatic carbocycles. The molecule has 0 fully saturated rings. The number of carbonyl (C=O) groups is 1. The summed E-state index contributed by atoms with van der Waals surface area (Å²) in [5.41, 5.74) is 1.54. The smallest absolute Gasteiger partial charge is 0.161 e. The number of rotatable bonds is 4. The Labute approximate surface area is 99.7 Å². The highest BCUT2D eigenvalue weighted by Gasteiger charge is 2.04. The minimum Gasteiger partial charge on any atom is -0.294 e. The highest BCUT2D eigenvalue weighted by Crippen LogP contribution is 2.19. The molecule has 15 heavy (non-hydrogen) atoms. The third-order valence-corrected chi connectivity index (χ3v) is 2.49. The average molecular weight is 243 g/mol. The molecule has 3 heteroatoms. The predicted octanol–water partition coefficient (Wildman–Crippen LogP) is 4.18. The number of benzene rings is 1. The molecule has 0 saturated heterocycles. The molecule has 0 radical (unpaired) electrons. The van der Waals surface area contributed by atoms with Gasteiger partial charge in [0, 0.05) is 11.4 Å². The molecule has 0 spiro atoms. The van der Waals surface area contributed by atoms with Crippen LogP contribution in [0.4, 0.5) is 0 Å². The van der Waals surface area contributed by atoms with Crippen molar-refractivity contribution in [1.82, 2.24) is 0 Å². The van der Waals surface area contributed by atoms with Crippen molar-refractivity contribution in [1.29, 1.82) is 0 Å². The molecule has 0 aliphatic heterocycles. The Morgan fingerprint density at radius 2 is 2.20 bits per heavy atom. The topological polar surface area (TPSA) is 17.1 Å². The number of carbonyl (C=O) groups excluding carboxylic acids is 1. The number of halogens is 2. The van der Waals surface area contributed by atoms with Gasteiger partial charge in [0.1, 0.15) is 0 Å². The fraction of sp³-hybridized carbons (Fsp3) is 0.250.